The van der Waals surface area contributed by atoms with Crippen LogP contribution in [0, 0.1) is 0 Å². The van der Waals surface area contributed by atoms with E-state index in [1.165, 1.54) is 0 Å². The van der Waals surface area contributed by atoms with Crippen molar-refractivity contribution in [3.05, 3.63) is 0 Å². The Morgan fingerprint density at radius 3 is 2.05 bits per heavy atom. The SMILES string of the molecule is CCCCN(CCCC)C(=O)C(=O)N1CCOCC1. The summed E-state index contributed by atoms with van der Waals surface area (Å²) in [4.78, 5) is 27.7. The fraction of sp³-hybridized carbons (Fsp3) is 0.857. The summed E-state index contributed by atoms with van der Waals surface area (Å²) in [5, 5.41) is 0. The van der Waals surface area contributed by atoms with E-state index in [0.29, 0.717) is 39.4 Å². The van der Waals surface area contributed by atoms with Gasteiger partial charge in [0.25, 0.3) is 0 Å². The van der Waals surface area contributed by atoms with Gasteiger partial charge in [-0.3, -0.25) is 9.59 Å². The number of nitrogens with zero attached hydrogens (tertiary/aromatic N) is 2. The Morgan fingerprint density at radius 1 is 1.05 bits per heavy atom. The van der Waals surface area contributed by atoms with Crippen molar-refractivity contribution in [2.45, 2.75) is 39.5 Å². The van der Waals surface area contributed by atoms with Crippen molar-refractivity contribution in [3.8, 4) is 0 Å². The molecule has 110 valence electrons. The van der Waals surface area contributed by atoms with Crippen molar-refractivity contribution in [1.82, 2.24) is 9.80 Å². The number of carbonyl (C=O) groups excluding carboxylic acids is 2. The first-order valence-corrected chi connectivity index (χ1v) is 7.36. The Hall–Kier alpha value is -1.10. The minimum absolute atomic E-state index is 0.344. The van der Waals surface area contributed by atoms with Gasteiger partial charge in [0.05, 0.1) is 13.2 Å². The zero-order valence-corrected chi connectivity index (χ0v) is 12.2. The molecule has 19 heavy (non-hydrogen) atoms. The number of carbonyl (C=O) groups is 2. The van der Waals surface area contributed by atoms with Gasteiger partial charge in [-0.1, -0.05) is 26.7 Å². The second-order valence-electron chi connectivity index (χ2n) is 4.90. The van der Waals surface area contributed by atoms with E-state index in [1.54, 1.807) is 9.80 Å². The van der Waals surface area contributed by atoms with Crippen molar-refractivity contribution in [2.24, 2.45) is 0 Å². The number of hydrogen-bond acceptors (Lipinski definition) is 3. The van der Waals surface area contributed by atoms with E-state index in [-0.39, 0.29) is 11.8 Å². The molecular weight excluding hydrogens is 244 g/mol. The molecule has 0 radical (unpaired) electrons. The minimum Gasteiger partial charge on any atom is -0.378 e. The van der Waals surface area contributed by atoms with Gasteiger partial charge in [-0.15, -0.1) is 0 Å². The lowest BCUT2D eigenvalue weighted by Gasteiger charge is -2.29. The quantitative estimate of drug-likeness (QED) is 0.683. The van der Waals surface area contributed by atoms with Crippen LogP contribution >= 0.6 is 0 Å². The van der Waals surface area contributed by atoms with Crippen molar-refractivity contribution in [3.63, 3.8) is 0 Å². The van der Waals surface area contributed by atoms with Crippen LogP contribution in [0.4, 0.5) is 0 Å². The molecule has 0 spiro atoms. The summed E-state index contributed by atoms with van der Waals surface area (Å²) in [6.07, 6.45) is 3.96. The van der Waals surface area contributed by atoms with Crippen LogP contribution in [0.2, 0.25) is 0 Å². The molecule has 5 heteroatoms. The molecule has 0 atom stereocenters. The van der Waals surface area contributed by atoms with E-state index >= 15 is 0 Å². The maximum Gasteiger partial charge on any atom is 0.312 e. The van der Waals surface area contributed by atoms with Crippen LogP contribution < -0.4 is 0 Å². The summed E-state index contributed by atoms with van der Waals surface area (Å²) in [7, 11) is 0. The van der Waals surface area contributed by atoms with Crippen LogP contribution in [0.25, 0.3) is 0 Å². The molecule has 0 aromatic heterocycles. The lowest BCUT2D eigenvalue weighted by Crippen LogP contribution is -2.49. The Morgan fingerprint density at radius 2 is 1.58 bits per heavy atom. The molecule has 1 rings (SSSR count). The van der Waals surface area contributed by atoms with Crippen molar-refractivity contribution < 1.29 is 14.3 Å². The molecule has 1 fully saturated rings. The molecule has 0 unspecified atom stereocenters. The Bertz CT molecular complexity index is 280. The standard InChI is InChI=1S/C14H26N2O3/c1-3-5-7-15(8-6-4-2)13(17)14(18)16-9-11-19-12-10-16/h3-12H2,1-2H3. The fourth-order valence-corrected chi connectivity index (χ4v) is 2.05. The maximum atomic E-state index is 12.2. The van der Waals surface area contributed by atoms with Gasteiger partial charge in [0.2, 0.25) is 0 Å². The molecule has 0 N–H and O–H groups in total. The van der Waals surface area contributed by atoms with Crippen LogP contribution in [-0.4, -0.2) is 61.0 Å². The van der Waals surface area contributed by atoms with E-state index in [0.717, 1.165) is 25.7 Å². The van der Waals surface area contributed by atoms with Crippen molar-refractivity contribution in [1.29, 1.82) is 0 Å². The Labute approximate surface area is 115 Å². The molecule has 1 saturated heterocycles. The smallest absolute Gasteiger partial charge is 0.312 e. The lowest BCUT2D eigenvalue weighted by atomic mass is 10.2. The highest BCUT2D eigenvalue weighted by Gasteiger charge is 2.27. The predicted molar refractivity (Wildman–Crippen MR) is 73.8 cm³/mol. The van der Waals surface area contributed by atoms with Crippen LogP contribution in [0.3, 0.4) is 0 Å². The zero-order chi connectivity index (χ0) is 14.1. The molecular formula is C14H26N2O3. The predicted octanol–water partition coefficient (Wildman–Crippen LogP) is 1.27. The average molecular weight is 270 g/mol. The van der Waals surface area contributed by atoms with Gasteiger partial charge in [0, 0.05) is 26.2 Å². The normalized spacial score (nSPS) is 15.4. The summed E-state index contributed by atoms with van der Waals surface area (Å²) in [6, 6.07) is 0. The topological polar surface area (TPSA) is 49.9 Å². The second-order valence-corrected chi connectivity index (χ2v) is 4.90. The molecule has 0 aromatic rings. The van der Waals surface area contributed by atoms with Crippen LogP contribution in [-0.2, 0) is 14.3 Å². The molecule has 1 heterocycles. The largest absolute Gasteiger partial charge is 0.378 e. The Balaban J connectivity index is 2.54. The third-order valence-corrected chi connectivity index (χ3v) is 3.33. The summed E-state index contributed by atoms with van der Waals surface area (Å²) >= 11 is 0. The molecule has 0 aromatic carbocycles. The third kappa shape index (κ3) is 5.19. The van der Waals surface area contributed by atoms with E-state index in [9.17, 15) is 9.59 Å². The minimum atomic E-state index is -0.365. The second kappa shape index (κ2) is 8.91. The average Bonchev–Trinajstić information content (AvgIpc) is 2.47. The molecule has 0 saturated carbocycles. The first-order chi connectivity index (χ1) is 9.20. The van der Waals surface area contributed by atoms with Crippen molar-refractivity contribution >= 4 is 11.8 Å². The molecule has 2 amide bonds. The third-order valence-electron chi connectivity index (χ3n) is 3.33. The van der Waals surface area contributed by atoms with Gasteiger partial charge < -0.3 is 14.5 Å². The maximum absolute atomic E-state index is 12.2. The highest BCUT2D eigenvalue weighted by Crippen LogP contribution is 2.04. The molecule has 1 aliphatic heterocycles. The summed E-state index contributed by atoms with van der Waals surface area (Å²) in [6.45, 7) is 7.67. The number of unbranched alkanes of at least 4 members (excludes halogenated alkanes) is 2. The zero-order valence-electron chi connectivity index (χ0n) is 12.2. The monoisotopic (exact) mass is 270 g/mol. The first kappa shape index (κ1) is 16.0. The van der Waals surface area contributed by atoms with Gasteiger partial charge in [0.1, 0.15) is 0 Å². The number of morpholine rings is 1. The summed E-state index contributed by atoms with van der Waals surface area (Å²) in [5.74, 6) is -0.709. The lowest BCUT2D eigenvalue weighted by molar-refractivity contribution is -0.154. The fourth-order valence-electron chi connectivity index (χ4n) is 2.05. The van der Waals surface area contributed by atoms with Crippen LogP contribution in [0.5, 0.6) is 0 Å². The van der Waals surface area contributed by atoms with E-state index < -0.39 is 0 Å². The number of rotatable bonds is 6. The van der Waals surface area contributed by atoms with Gasteiger partial charge in [-0.25, -0.2) is 0 Å². The number of hydrogen-bond donors (Lipinski definition) is 0. The summed E-state index contributed by atoms with van der Waals surface area (Å²) < 4.78 is 5.20. The van der Waals surface area contributed by atoms with Crippen LogP contribution in [0.1, 0.15) is 39.5 Å². The first-order valence-electron chi connectivity index (χ1n) is 7.36. The highest BCUT2D eigenvalue weighted by molar-refractivity contribution is 6.34. The van der Waals surface area contributed by atoms with E-state index in [4.69, 9.17) is 4.74 Å². The summed E-state index contributed by atoms with van der Waals surface area (Å²) in [5.41, 5.74) is 0. The van der Waals surface area contributed by atoms with Gasteiger partial charge in [-0.2, -0.15) is 0 Å². The van der Waals surface area contributed by atoms with Gasteiger partial charge in [0.15, 0.2) is 0 Å². The number of ether oxygens (including phenoxy) is 1. The highest BCUT2D eigenvalue weighted by atomic mass is 16.5. The van der Waals surface area contributed by atoms with Gasteiger partial charge in [-0.05, 0) is 12.8 Å². The molecule has 0 bridgehead atoms. The van der Waals surface area contributed by atoms with Crippen molar-refractivity contribution in [2.75, 3.05) is 39.4 Å². The molecule has 0 aliphatic carbocycles. The van der Waals surface area contributed by atoms with E-state index in [2.05, 4.69) is 13.8 Å². The van der Waals surface area contributed by atoms with E-state index in [1.807, 2.05) is 0 Å². The molecule has 5 nitrogen and oxygen atoms in total. The molecule has 1 aliphatic rings. The van der Waals surface area contributed by atoms with Crippen LogP contribution in [0.15, 0.2) is 0 Å². The van der Waals surface area contributed by atoms with Gasteiger partial charge >= 0.3 is 11.8 Å². The Kier molecular flexibility index (Phi) is 7.48. The number of amides is 2.